The number of hydrogen-bond acceptors (Lipinski definition) is 4. The molecule has 1 atom stereocenters. The van der Waals surface area contributed by atoms with Crippen LogP contribution in [0.4, 0.5) is 5.82 Å². The average Bonchev–Trinajstić information content (AvgIpc) is 2.94. The Labute approximate surface area is 113 Å². The summed E-state index contributed by atoms with van der Waals surface area (Å²) >= 11 is 0. The number of aromatic nitrogens is 1. The summed E-state index contributed by atoms with van der Waals surface area (Å²) in [5.41, 5.74) is 3.07. The van der Waals surface area contributed by atoms with Crippen LogP contribution in [0.3, 0.4) is 0 Å². The fourth-order valence-electron chi connectivity index (χ4n) is 3.23. The maximum absolute atomic E-state index is 9.45. The van der Waals surface area contributed by atoms with Gasteiger partial charge in [-0.15, -0.1) is 0 Å². The van der Waals surface area contributed by atoms with Gasteiger partial charge in [-0.25, -0.2) is 4.98 Å². The molecule has 4 heteroatoms. The normalized spacial score (nSPS) is 22.1. The molecule has 19 heavy (non-hydrogen) atoms. The van der Waals surface area contributed by atoms with Gasteiger partial charge < -0.3 is 10.0 Å². The quantitative estimate of drug-likeness (QED) is 0.877. The van der Waals surface area contributed by atoms with E-state index in [9.17, 15) is 10.4 Å². The van der Waals surface area contributed by atoms with E-state index in [0.29, 0.717) is 5.56 Å². The van der Waals surface area contributed by atoms with E-state index >= 15 is 0 Å². The predicted molar refractivity (Wildman–Crippen MR) is 73.0 cm³/mol. The summed E-state index contributed by atoms with van der Waals surface area (Å²) < 4.78 is 0. The molecule has 1 unspecified atom stereocenters. The number of aliphatic hydroxyl groups excluding tert-OH is 1. The molecule has 1 N–H and O–H groups in total. The van der Waals surface area contributed by atoms with Crippen molar-refractivity contribution in [3.8, 4) is 6.07 Å². The molecule has 1 aromatic heterocycles. The van der Waals surface area contributed by atoms with Gasteiger partial charge in [-0.05, 0) is 50.2 Å². The Kier molecular flexibility index (Phi) is 3.39. The van der Waals surface area contributed by atoms with Crippen molar-refractivity contribution in [2.24, 2.45) is 0 Å². The molecule has 1 aliphatic heterocycles. The van der Waals surface area contributed by atoms with E-state index in [1.54, 1.807) is 0 Å². The first-order chi connectivity index (χ1) is 9.33. The molecule has 0 aromatic carbocycles. The van der Waals surface area contributed by atoms with Crippen LogP contribution in [0.5, 0.6) is 0 Å². The summed E-state index contributed by atoms with van der Waals surface area (Å²) in [6.07, 6.45) is 6.50. The minimum absolute atomic E-state index is 0.126. The fraction of sp³-hybridized carbons (Fsp3) is 0.600. The molecule has 2 heterocycles. The minimum Gasteiger partial charge on any atom is -0.394 e. The molecule has 2 aliphatic rings. The van der Waals surface area contributed by atoms with Gasteiger partial charge in [0.05, 0.1) is 18.2 Å². The number of anilines is 1. The maximum Gasteiger partial charge on any atom is 0.147 e. The Balaban J connectivity index is 2.02. The molecule has 0 radical (unpaired) electrons. The third kappa shape index (κ3) is 2.19. The number of nitriles is 1. The van der Waals surface area contributed by atoms with Crippen molar-refractivity contribution in [1.82, 2.24) is 4.98 Å². The third-order valence-electron chi connectivity index (χ3n) is 4.26. The molecule has 1 saturated heterocycles. The first-order valence-corrected chi connectivity index (χ1v) is 7.14. The van der Waals surface area contributed by atoms with Crippen molar-refractivity contribution >= 4 is 5.82 Å². The number of fused-ring (bicyclic) bond motifs is 1. The Morgan fingerprint density at radius 3 is 3.00 bits per heavy atom. The molecule has 0 amide bonds. The summed E-state index contributed by atoms with van der Waals surface area (Å²) in [4.78, 5) is 6.88. The predicted octanol–water partition coefficient (Wildman–Crippen LogP) is 1.79. The number of aliphatic hydroxyl groups is 1. The molecular formula is C15H19N3O. The highest BCUT2D eigenvalue weighted by molar-refractivity contribution is 5.57. The van der Waals surface area contributed by atoms with E-state index < -0.39 is 0 Å². The largest absolute Gasteiger partial charge is 0.394 e. The average molecular weight is 257 g/mol. The summed E-state index contributed by atoms with van der Waals surface area (Å²) in [6, 6.07) is 4.43. The number of hydrogen-bond donors (Lipinski definition) is 1. The van der Waals surface area contributed by atoms with Crippen LogP contribution in [-0.2, 0) is 12.8 Å². The van der Waals surface area contributed by atoms with E-state index in [-0.39, 0.29) is 12.6 Å². The molecule has 1 fully saturated rings. The number of rotatable bonds is 2. The molecule has 1 aromatic rings. The van der Waals surface area contributed by atoms with Crippen LogP contribution >= 0.6 is 0 Å². The number of pyridine rings is 1. The van der Waals surface area contributed by atoms with E-state index in [1.807, 2.05) is 6.07 Å². The van der Waals surface area contributed by atoms with Gasteiger partial charge in [0, 0.05) is 12.2 Å². The van der Waals surface area contributed by atoms with Crippen molar-refractivity contribution in [2.75, 3.05) is 18.1 Å². The third-order valence-corrected chi connectivity index (χ3v) is 4.26. The van der Waals surface area contributed by atoms with Crippen molar-refractivity contribution in [3.05, 3.63) is 22.9 Å². The van der Waals surface area contributed by atoms with Gasteiger partial charge in [0.15, 0.2) is 0 Å². The molecule has 100 valence electrons. The van der Waals surface area contributed by atoms with Crippen LogP contribution in [0.2, 0.25) is 0 Å². The zero-order valence-electron chi connectivity index (χ0n) is 11.1. The zero-order valence-corrected chi connectivity index (χ0v) is 11.1. The Bertz CT molecular complexity index is 521. The van der Waals surface area contributed by atoms with E-state index in [4.69, 9.17) is 4.98 Å². The molecule has 0 spiro atoms. The van der Waals surface area contributed by atoms with Crippen LogP contribution < -0.4 is 4.90 Å². The van der Waals surface area contributed by atoms with Gasteiger partial charge in [-0.1, -0.05) is 0 Å². The van der Waals surface area contributed by atoms with Crippen molar-refractivity contribution in [3.63, 3.8) is 0 Å². The Hall–Kier alpha value is -1.60. The van der Waals surface area contributed by atoms with Crippen molar-refractivity contribution < 1.29 is 5.11 Å². The smallest absolute Gasteiger partial charge is 0.147 e. The first kappa shape index (κ1) is 12.4. The monoisotopic (exact) mass is 257 g/mol. The second-order valence-corrected chi connectivity index (χ2v) is 5.46. The summed E-state index contributed by atoms with van der Waals surface area (Å²) in [7, 11) is 0. The lowest BCUT2D eigenvalue weighted by molar-refractivity contribution is 0.266. The standard InChI is InChI=1S/C15H19N3O/c16-9-12-8-11-4-1-2-6-14(11)17-15(12)18-7-3-5-13(18)10-19/h8,13,19H,1-7,10H2. The van der Waals surface area contributed by atoms with Gasteiger partial charge >= 0.3 is 0 Å². The zero-order chi connectivity index (χ0) is 13.2. The second kappa shape index (κ2) is 5.18. The lowest BCUT2D eigenvalue weighted by Crippen LogP contribution is -2.33. The van der Waals surface area contributed by atoms with E-state index in [2.05, 4.69) is 11.0 Å². The van der Waals surface area contributed by atoms with Gasteiger partial charge in [0.25, 0.3) is 0 Å². The van der Waals surface area contributed by atoms with E-state index in [0.717, 1.165) is 43.7 Å². The number of aryl methyl sites for hydroxylation is 2. The van der Waals surface area contributed by atoms with E-state index in [1.165, 1.54) is 18.4 Å². The molecular weight excluding hydrogens is 238 g/mol. The minimum atomic E-state index is 0.126. The van der Waals surface area contributed by atoms with Gasteiger partial charge in [0.1, 0.15) is 11.9 Å². The molecule has 0 saturated carbocycles. The summed E-state index contributed by atoms with van der Waals surface area (Å²) in [6.45, 7) is 1.04. The van der Waals surface area contributed by atoms with Gasteiger partial charge in [-0.2, -0.15) is 5.26 Å². The molecule has 4 nitrogen and oxygen atoms in total. The van der Waals surface area contributed by atoms with Crippen LogP contribution in [0, 0.1) is 11.3 Å². The molecule has 3 rings (SSSR count). The summed E-state index contributed by atoms with van der Waals surface area (Å²) in [5, 5.41) is 18.8. The van der Waals surface area contributed by atoms with Gasteiger partial charge in [0.2, 0.25) is 0 Å². The highest BCUT2D eigenvalue weighted by Gasteiger charge is 2.28. The van der Waals surface area contributed by atoms with Crippen LogP contribution in [0.25, 0.3) is 0 Å². The van der Waals surface area contributed by atoms with Crippen molar-refractivity contribution in [2.45, 2.75) is 44.6 Å². The van der Waals surface area contributed by atoms with Crippen LogP contribution in [0.1, 0.15) is 42.5 Å². The van der Waals surface area contributed by atoms with Gasteiger partial charge in [-0.3, -0.25) is 0 Å². The molecule has 1 aliphatic carbocycles. The highest BCUT2D eigenvalue weighted by Crippen LogP contribution is 2.30. The van der Waals surface area contributed by atoms with Crippen molar-refractivity contribution in [1.29, 1.82) is 5.26 Å². The fourth-order valence-corrected chi connectivity index (χ4v) is 3.23. The lowest BCUT2D eigenvalue weighted by atomic mass is 9.95. The van der Waals surface area contributed by atoms with Crippen LogP contribution in [0.15, 0.2) is 6.07 Å². The second-order valence-electron chi connectivity index (χ2n) is 5.46. The SMILES string of the molecule is N#Cc1cc2c(nc1N1CCCC1CO)CCCC2. The topological polar surface area (TPSA) is 60.2 Å². The lowest BCUT2D eigenvalue weighted by Gasteiger charge is -2.27. The van der Waals surface area contributed by atoms with Crippen LogP contribution in [-0.4, -0.2) is 29.3 Å². The summed E-state index contributed by atoms with van der Waals surface area (Å²) in [5.74, 6) is 0.791. The highest BCUT2D eigenvalue weighted by atomic mass is 16.3. The Morgan fingerprint density at radius 2 is 2.21 bits per heavy atom. The maximum atomic E-state index is 9.45. The molecule has 0 bridgehead atoms. The number of nitrogens with zero attached hydrogens (tertiary/aromatic N) is 3. The Morgan fingerprint density at radius 1 is 1.37 bits per heavy atom. The first-order valence-electron chi connectivity index (χ1n) is 7.14.